The maximum atomic E-state index is 11.8. The Morgan fingerprint density at radius 3 is 3.12 bits per heavy atom. The van der Waals surface area contributed by atoms with Crippen LogP contribution in [0.3, 0.4) is 0 Å². The van der Waals surface area contributed by atoms with Gasteiger partial charge in [-0.15, -0.1) is 11.6 Å². The third-order valence-electron chi connectivity index (χ3n) is 2.57. The predicted octanol–water partition coefficient (Wildman–Crippen LogP) is 2.62. The van der Waals surface area contributed by atoms with Crippen LogP contribution in [0.25, 0.3) is 0 Å². The molecule has 1 aromatic heterocycles. The number of alkyl halides is 1. The Bertz CT molecular complexity index is 485. The minimum atomic E-state index is -0.515. The molecule has 0 bridgehead atoms. The Kier molecular flexibility index (Phi) is 3.33. The van der Waals surface area contributed by atoms with Crippen molar-refractivity contribution in [3.63, 3.8) is 0 Å². The summed E-state index contributed by atoms with van der Waals surface area (Å²) in [5, 5.41) is 2.55. The second-order valence-corrected chi connectivity index (χ2v) is 4.12. The van der Waals surface area contributed by atoms with Gasteiger partial charge in [-0.05, 0) is 19.9 Å². The van der Waals surface area contributed by atoms with Crippen LogP contribution in [0.5, 0.6) is 0 Å². The molecule has 5 heteroatoms. The Labute approximate surface area is 105 Å². The van der Waals surface area contributed by atoms with E-state index in [1.54, 1.807) is 26.1 Å². The maximum Gasteiger partial charge on any atom is 0.337 e. The molecule has 90 valence electrons. The highest BCUT2D eigenvalue weighted by atomic mass is 35.5. The number of rotatable bonds is 2. The van der Waals surface area contributed by atoms with E-state index in [4.69, 9.17) is 16.3 Å². The first-order valence-electron chi connectivity index (χ1n) is 5.39. The van der Waals surface area contributed by atoms with Gasteiger partial charge in [0.25, 0.3) is 0 Å². The van der Waals surface area contributed by atoms with Gasteiger partial charge in [0.05, 0.1) is 17.6 Å². The van der Waals surface area contributed by atoms with Crippen molar-refractivity contribution in [3.05, 3.63) is 35.2 Å². The number of nitrogens with zero attached hydrogens (tertiary/aromatic N) is 1. The molecule has 2 heterocycles. The third-order valence-corrected chi connectivity index (χ3v) is 3.02. The normalized spacial score (nSPS) is 18.4. The molecule has 0 saturated carbocycles. The highest BCUT2D eigenvalue weighted by Gasteiger charge is 2.30. The lowest BCUT2D eigenvalue weighted by atomic mass is 10.00. The number of carbonyl (C=O) groups is 1. The fourth-order valence-electron chi connectivity index (χ4n) is 1.78. The number of ether oxygens (including phenoxy) is 1. The van der Waals surface area contributed by atoms with Crippen molar-refractivity contribution >= 4 is 23.4 Å². The number of esters is 1. The number of nitrogens with one attached hydrogen (secondary N) is 1. The number of fused-ring (bicyclic) bond motifs is 1. The van der Waals surface area contributed by atoms with Crippen molar-refractivity contribution in [2.24, 2.45) is 0 Å². The summed E-state index contributed by atoms with van der Waals surface area (Å²) in [6.07, 6.45) is 1.68. The second kappa shape index (κ2) is 4.75. The first-order valence-corrected chi connectivity index (χ1v) is 5.82. The molecule has 1 N–H and O–H groups in total. The molecular weight excluding hydrogens is 240 g/mol. The lowest BCUT2D eigenvalue weighted by Crippen LogP contribution is -2.21. The van der Waals surface area contributed by atoms with Crippen LogP contribution >= 0.6 is 11.6 Å². The topological polar surface area (TPSA) is 51.2 Å². The van der Waals surface area contributed by atoms with Crippen LogP contribution in [0.4, 0.5) is 5.82 Å². The summed E-state index contributed by atoms with van der Waals surface area (Å²) in [6.45, 7) is 3.89. The van der Waals surface area contributed by atoms with Crippen LogP contribution in [-0.4, -0.2) is 17.6 Å². The van der Waals surface area contributed by atoms with Gasteiger partial charge in [-0.25, -0.2) is 9.78 Å². The summed E-state index contributed by atoms with van der Waals surface area (Å²) in [4.78, 5) is 16.0. The van der Waals surface area contributed by atoms with Crippen LogP contribution in [-0.2, 0) is 9.53 Å². The lowest BCUT2D eigenvalue weighted by molar-refractivity contribution is -0.138. The van der Waals surface area contributed by atoms with Crippen molar-refractivity contribution in [2.45, 2.75) is 19.2 Å². The van der Waals surface area contributed by atoms with Gasteiger partial charge in [-0.2, -0.15) is 0 Å². The van der Waals surface area contributed by atoms with Crippen LogP contribution in [0.15, 0.2) is 29.6 Å². The molecule has 0 radical (unpaired) electrons. The van der Waals surface area contributed by atoms with E-state index in [1.807, 2.05) is 6.07 Å². The van der Waals surface area contributed by atoms with Gasteiger partial charge in [0.2, 0.25) is 0 Å². The molecule has 1 aliphatic rings. The van der Waals surface area contributed by atoms with Gasteiger partial charge in [-0.3, -0.25) is 0 Å². The van der Waals surface area contributed by atoms with E-state index in [0.29, 0.717) is 23.7 Å². The molecule has 0 fully saturated rings. The molecule has 1 aromatic rings. The molecule has 0 aliphatic carbocycles. The van der Waals surface area contributed by atoms with Crippen LogP contribution in [0.2, 0.25) is 0 Å². The van der Waals surface area contributed by atoms with Crippen molar-refractivity contribution < 1.29 is 9.53 Å². The quantitative estimate of drug-likeness (QED) is 0.649. The number of hydrogen-bond donors (Lipinski definition) is 1. The van der Waals surface area contributed by atoms with Gasteiger partial charge in [0, 0.05) is 17.5 Å². The van der Waals surface area contributed by atoms with Crippen LogP contribution < -0.4 is 5.32 Å². The zero-order chi connectivity index (χ0) is 12.4. The average molecular weight is 253 g/mol. The van der Waals surface area contributed by atoms with E-state index in [-0.39, 0.29) is 5.97 Å². The number of pyridine rings is 1. The molecule has 2 rings (SSSR count). The van der Waals surface area contributed by atoms with E-state index in [9.17, 15) is 4.79 Å². The third kappa shape index (κ3) is 2.13. The molecule has 17 heavy (non-hydrogen) atoms. The molecule has 1 aliphatic heterocycles. The molecule has 0 saturated heterocycles. The van der Waals surface area contributed by atoms with Gasteiger partial charge < -0.3 is 10.1 Å². The summed E-state index contributed by atoms with van der Waals surface area (Å²) < 4.78 is 5.00. The summed E-state index contributed by atoms with van der Waals surface area (Å²) in [5.41, 5.74) is 1.94. The fourth-order valence-corrected chi connectivity index (χ4v) is 2.21. The van der Waals surface area contributed by atoms with Gasteiger partial charge >= 0.3 is 5.97 Å². The number of anilines is 1. The Morgan fingerprint density at radius 1 is 1.65 bits per heavy atom. The molecular formula is C12H13ClN2O2. The van der Waals surface area contributed by atoms with Gasteiger partial charge in [0.1, 0.15) is 5.82 Å². The van der Waals surface area contributed by atoms with E-state index in [1.165, 1.54) is 0 Å². The summed E-state index contributed by atoms with van der Waals surface area (Å²) in [6, 6.07) is 3.64. The van der Waals surface area contributed by atoms with E-state index in [0.717, 1.165) is 5.56 Å². The zero-order valence-corrected chi connectivity index (χ0v) is 10.4. The van der Waals surface area contributed by atoms with E-state index < -0.39 is 5.38 Å². The molecule has 1 atom stereocenters. The summed E-state index contributed by atoms with van der Waals surface area (Å²) >= 11 is 6.30. The van der Waals surface area contributed by atoms with Crippen molar-refractivity contribution in [1.82, 2.24) is 4.98 Å². The Morgan fingerprint density at radius 2 is 2.41 bits per heavy atom. The first-order chi connectivity index (χ1) is 8.15. The highest BCUT2D eigenvalue weighted by molar-refractivity contribution is 6.26. The van der Waals surface area contributed by atoms with Crippen molar-refractivity contribution in [3.8, 4) is 0 Å². The highest BCUT2D eigenvalue weighted by Crippen LogP contribution is 2.39. The second-order valence-electron chi connectivity index (χ2n) is 3.69. The van der Waals surface area contributed by atoms with Crippen LogP contribution in [0, 0.1) is 0 Å². The number of aromatic nitrogens is 1. The maximum absolute atomic E-state index is 11.8. The monoisotopic (exact) mass is 252 g/mol. The largest absolute Gasteiger partial charge is 0.463 e. The van der Waals surface area contributed by atoms with E-state index >= 15 is 0 Å². The predicted molar refractivity (Wildman–Crippen MR) is 65.8 cm³/mol. The van der Waals surface area contributed by atoms with Crippen molar-refractivity contribution in [1.29, 1.82) is 0 Å². The van der Waals surface area contributed by atoms with Crippen LogP contribution in [0.1, 0.15) is 24.8 Å². The SMILES string of the molecule is CCOC(=O)C1=C(C)Nc2ncccc2C1Cl. The molecule has 0 aromatic carbocycles. The molecule has 4 nitrogen and oxygen atoms in total. The fraction of sp³-hybridized carbons (Fsp3) is 0.333. The van der Waals surface area contributed by atoms with Gasteiger partial charge in [-0.1, -0.05) is 6.07 Å². The molecule has 1 unspecified atom stereocenters. The number of hydrogen-bond acceptors (Lipinski definition) is 4. The van der Waals surface area contributed by atoms with E-state index in [2.05, 4.69) is 10.3 Å². The van der Waals surface area contributed by atoms with Gasteiger partial charge in [0.15, 0.2) is 0 Å². The number of carbonyl (C=O) groups excluding carboxylic acids is 1. The average Bonchev–Trinajstić information content (AvgIpc) is 2.29. The number of halogens is 1. The minimum absolute atomic E-state index is 0.332. The smallest absolute Gasteiger partial charge is 0.337 e. The molecule has 0 spiro atoms. The summed E-state index contributed by atoms with van der Waals surface area (Å²) in [7, 11) is 0. The minimum Gasteiger partial charge on any atom is -0.463 e. The molecule has 0 amide bonds. The summed E-state index contributed by atoms with van der Waals surface area (Å²) in [5.74, 6) is 0.310. The first kappa shape index (κ1) is 11.9. The lowest BCUT2D eigenvalue weighted by Gasteiger charge is -2.24. The Balaban J connectivity index is 2.39. The Hall–Kier alpha value is -1.55. The van der Waals surface area contributed by atoms with Crippen molar-refractivity contribution in [2.75, 3.05) is 11.9 Å². The zero-order valence-electron chi connectivity index (χ0n) is 9.66. The standard InChI is InChI=1S/C12H13ClN2O2/c1-3-17-12(16)9-7(2)15-11-8(10(9)13)5-4-6-14-11/h4-6,10H,3H2,1-2H3,(H,14,15). The number of allylic oxidation sites excluding steroid dienone is 1.